The highest BCUT2D eigenvalue weighted by Crippen LogP contribution is 2.04. The van der Waals surface area contributed by atoms with Gasteiger partial charge in [0.15, 0.2) is 0 Å². The number of nitrogens with zero attached hydrogens (tertiary/aromatic N) is 1. The van der Waals surface area contributed by atoms with E-state index in [1.807, 2.05) is 0 Å². The molecule has 0 unspecified atom stereocenters. The molecule has 4 heteroatoms. The normalized spacial score (nSPS) is 21.7. The molecule has 108 valence electrons. The zero-order valence-electron chi connectivity index (χ0n) is 12.3. The van der Waals surface area contributed by atoms with Gasteiger partial charge in [0.1, 0.15) is 0 Å². The molecule has 1 rings (SSSR count). The smallest absolute Gasteiger partial charge is 0.0826 e. The summed E-state index contributed by atoms with van der Waals surface area (Å²) in [6.45, 7) is 14.3. The van der Waals surface area contributed by atoms with E-state index >= 15 is 0 Å². The number of rotatable bonds is 9. The van der Waals surface area contributed by atoms with Crippen LogP contribution in [0.2, 0.25) is 0 Å². The maximum absolute atomic E-state index is 5.72. The second-order valence-corrected chi connectivity index (χ2v) is 5.40. The van der Waals surface area contributed by atoms with E-state index < -0.39 is 0 Å². The highest BCUT2D eigenvalue weighted by atomic mass is 16.5. The molecule has 1 aliphatic heterocycles. The van der Waals surface area contributed by atoms with E-state index in [0.29, 0.717) is 6.10 Å². The van der Waals surface area contributed by atoms with E-state index in [1.165, 1.54) is 0 Å². The maximum Gasteiger partial charge on any atom is 0.0826 e. The van der Waals surface area contributed by atoms with Crippen LogP contribution in [0.4, 0.5) is 0 Å². The highest BCUT2D eigenvalue weighted by Gasteiger charge is 2.19. The zero-order valence-corrected chi connectivity index (χ0v) is 12.3. The molecule has 0 aromatic rings. The summed E-state index contributed by atoms with van der Waals surface area (Å²) >= 11 is 0. The first-order valence-electron chi connectivity index (χ1n) is 7.34. The van der Waals surface area contributed by atoms with Crippen LogP contribution in [0, 0.1) is 5.92 Å². The van der Waals surface area contributed by atoms with Crippen LogP contribution in [0.1, 0.15) is 27.2 Å². The van der Waals surface area contributed by atoms with Gasteiger partial charge in [0.05, 0.1) is 19.3 Å². The fraction of sp³-hybridized carbons (Fsp3) is 1.00. The average Bonchev–Trinajstić information content (AvgIpc) is 2.36. The summed E-state index contributed by atoms with van der Waals surface area (Å²) in [7, 11) is 0. The Labute approximate surface area is 112 Å². The Morgan fingerprint density at radius 3 is 2.94 bits per heavy atom. The lowest BCUT2D eigenvalue weighted by atomic mass is 10.1. The second kappa shape index (κ2) is 9.73. The molecule has 0 bridgehead atoms. The first-order valence-corrected chi connectivity index (χ1v) is 7.34. The summed E-state index contributed by atoms with van der Waals surface area (Å²) in [5, 5.41) is 3.34. The standard InChI is InChI=1S/C14H30N2O2/c1-4-15-11-14-12-16(7-10-18-14)6-9-17-8-5-13(2)3/h13-15H,4-12H2,1-3H3/t14-/m1/s1. The van der Waals surface area contributed by atoms with Gasteiger partial charge in [-0.1, -0.05) is 20.8 Å². The molecule has 0 saturated carbocycles. The minimum atomic E-state index is 0.342. The van der Waals surface area contributed by atoms with Crippen LogP contribution < -0.4 is 5.32 Å². The first kappa shape index (κ1) is 15.9. The molecule has 0 amide bonds. The van der Waals surface area contributed by atoms with Crippen LogP contribution >= 0.6 is 0 Å². The molecule has 0 spiro atoms. The average molecular weight is 258 g/mol. The van der Waals surface area contributed by atoms with Crippen molar-refractivity contribution in [3.8, 4) is 0 Å². The topological polar surface area (TPSA) is 33.7 Å². The van der Waals surface area contributed by atoms with Crippen LogP contribution in [0.5, 0.6) is 0 Å². The number of morpholine rings is 1. The first-order chi connectivity index (χ1) is 8.72. The number of ether oxygens (including phenoxy) is 2. The third-order valence-electron chi connectivity index (χ3n) is 3.24. The lowest BCUT2D eigenvalue weighted by Crippen LogP contribution is -2.47. The van der Waals surface area contributed by atoms with Gasteiger partial charge in [-0.05, 0) is 18.9 Å². The van der Waals surface area contributed by atoms with Gasteiger partial charge in [0.25, 0.3) is 0 Å². The number of hydrogen-bond donors (Lipinski definition) is 1. The van der Waals surface area contributed by atoms with E-state index in [4.69, 9.17) is 9.47 Å². The van der Waals surface area contributed by atoms with Crippen molar-refractivity contribution >= 4 is 0 Å². The summed E-state index contributed by atoms with van der Waals surface area (Å²) in [6.07, 6.45) is 1.50. The molecule has 0 aromatic heterocycles. The van der Waals surface area contributed by atoms with Crippen LogP contribution in [0.15, 0.2) is 0 Å². The minimum Gasteiger partial charge on any atom is -0.380 e. The molecule has 4 nitrogen and oxygen atoms in total. The molecule has 1 aliphatic rings. The maximum atomic E-state index is 5.72. The fourth-order valence-electron chi connectivity index (χ4n) is 2.03. The molecule has 1 fully saturated rings. The van der Waals surface area contributed by atoms with Crippen LogP contribution in [0.25, 0.3) is 0 Å². The monoisotopic (exact) mass is 258 g/mol. The van der Waals surface area contributed by atoms with Crippen LogP contribution in [0.3, 0.4) is 0 Å². The summed E-state index contributed by atoms with van der Waals surface area (Å²) < 4.78 is 11.4. The SMILES string of the molecule is CCNC[C@@H]1CN(CCOCCC(C)C)CCO1. The Balaban J connectivity index is 2.03. The molecule has 1 heterocycles. The Morgan fingerprint density at radius 2 is 2.22 bits per heavy atom. The predicted molar refractivity (Wildman–Crippen MR) is 75.0 cm³/mol. The molecule has 18 heavy (non-hydrogen) atoms. The van der Waals surface area contributed by atoms with Gasteiger partial charge < -0.3 is 14.8 Å². The van der Waals surface area contributed by atoms with E-state index in [-0.39, 0.29) is 0 Å². The van der Waals surface area contributed by atoms with Crippen LogP contribution in [-0.4, -0.2) is 63.5 Å². The van der Waals surface area contributed by atoms with Gasteiger partial charge in [0.2, 0.25) is 0 Å². The van der Waals surface area contributed by atoms with E-state index in [1.54, 1.807) is 0 Å². The summed E-state index contributed by atoms with van der Waals surface area (Å²) in [4.78, 5) is 2.45. The fourth-order valence-corrected chi connectivity index (χ4v) is 2.03. The lowest BCUT2D eigenvalue weighted by molar-refractivity contribution is -0.0349. The molecular weight excluding hydrogens is 228 g/mol. The van der Waals surface area contributed by atoms with Crippen LogP contribution in [-0.2, 0) is 9.47 Å². The number of likely N-dealkylation sites (N-methyl/N-ethyl adjacent to an activating group) is 1. The van der Waals surface area contributed by atoms with Crippen molar-refractivity contribution in [2.75, 3.05) is 52.5 Å². The van der Waals surface area contributed by atoms with E-state index in [2.05, 4.69) is 31.0 Å². The summed E-state index contributed by atoms with van der Waals surface area (Å²) in [5.41, 5.74) is 0. The Kier molecular flexibility index (Phi) is 8.59. The van der Waals surface area contributed by atoms with E-state index in [0.717, 1.165) is 64.9 Å². The van der Waals surface area contributed by atoms with Crippen molar-refractivity contribution < 1.29 is 9.47 Å². The third-order valence-corrected chi connectivity index (χ3v) is 3.24. The van der Waals surface area contributed by atoms with Crippen molar-refractivity contribution in [2.24, 2.45) is 5.92 Å². The van der Waals surface area contributed by atoms with Crippen molar-refractivity contribution in [1.82, 2.24) is 10.2 Å². The lowest BCUT2D eigenvalue weighted by Gasteiger charge is -2.32. The molecule has 1 N–H and O–H groups in total. The Hall–Kier alpha value is -0.160. The largest absolute Gasteiger partial charge is 0.380 e. The second-order valence-electron chi connectivity index (χ2n) is 5.40. The quantitative estimate of drug-likeness (QED) is 0.633. The highest BCUT2D eigenvalue weighted by molar-refractivity contribution is 4.73. The Morgan fingerprint density at radius 1 is 1.39 bits per heavy atom. The van der Waals surface area contributed by atoms with Crippen molar-refractivity contribution in [1.29, 1.82) is 0 Å². The molecule has 1 atom stereocenters. The van der Waals surface area contributed by atoms with Gasteiger partial charge in [-0.15, -0.1) is 0 Å². The molecule has 0 radical (unpaired) electrons. The zero-order chi connectivity index (χ0) is 13.2. The van der Waals surface area contributed by atoms with Gasteiger partial charge in [-0.25, -0.2) is 0 Å². The third kappa shape index (κ3) is 7.31. The van der Waals surface area contributed by atoms with Gasteiger partial charge in [-0.3, -0.25) is 4.90 Å². The predicted octanol–water partition coefficient (Wildman–Crippen LogP) is 1.36. The van der Waals surface area contributed by atoms with Crippen molar-refractivity contribution in [3.05, 3.63) is 0 Å². The Bertz CT molecular complexity index is 200. The molecule has 0 aliphatic carbocycles. The molecule has 1 saturated heterocycles. The molecular formula is C14H30N2O2. The van der Waals surface area contributed by atoms with Gasteiger partial charge in [0, 0.05) is 32.8 Å². The number of hydrogen-bond acceptors (Lipinski definition) is 4. The molecule has 0 aromatic carbocycles. The van der Waals surface area contributed by atoms with Gasteiger partial charge in [-0.2, -0.15) is 0 Å². The van der Waals surface area contributed by atoms with Gasteiger partial charge >= 0.3 is 0 Å². The van der Waals surface area contributed by atoms with E-state index in [9.17, 15) is 0 Å². The van der Waals surface area contributed by atoms with Crippen molar-refractivity contribution in [2.45, 2.75) is 33.3 Å². The summed E-state index contributed by atoms with van der Waals surface area (Å²) in [6, 6.07) is 0. The van der Waals surface area contributed by atoms with Crippen molar-refractivity contribution in [3.63, 3.8) is 0 Å². The summed E-state index contributed by atoms with van der Waals surface area (Å²) in [5.74, 6) is 0.734. The minimum absolute atomic E-state index is 0.342. The number of nitrogens with one attached hydrogen (secondary N) is 1.